The van der Waals surface area contributed by atoms with Gasteiger partial charge in [0.1, 0.15) is 6.04 Å². The number of esters is 1. The number of carbonyl (C=O) groups excluding carboxylic acids is 2. The van der Waals surface area contributed by atoms with Gasteiger partial charge in [0.2, 0.25) is 12.2 Å². The minimum atomic E-state index is -0.705. The average molecular weight is 263 g/mol. The molecule has 0 aromatic heterocycles. The lowest BCUT2D eigenvalue weighted by molar-refractivity contribution is -0.168. The molecule has 1 aromatic rings. The molecule has 1 amide bonds. The second-order valence-electron chi connectivity index (χ2n) is 4.39. The molecule has 2 atom stereocenters. The molecule has 5 heteroatoms. The first kappa shape index (κ1) is 13.5. The maximum absolute atomic E-state index is 11.4. The van der Waals surface area contributed by atoms with Gasteiger partial charge in [-0.05, 0) is 5.56 Å². The lowest BCUT2D eigenvalue weighted by Crippen LogP contribution is -2.41. The standard InChI is InChI=1S/C14H17NO4/c1-2-12(16)15-11-8-13(17)19-14(11)18-9-10-6-4-3-5-7-10/h3-7,11,14H,2,8-9H2,1H3,(H,15,16). The first-order chi connectivity index (χ1) is 9.19. The summed E-state index contributed by atoms with van der Waals surface area (Å²) in [6, 6.07) is 9.20. The van der Waals surface area contributed by atoms with E-state index in [2.05, 4.69) is 5.32 Å². The Morgan fingerprint density at radius 3 is 2.84 bits per heavy atom. The highest BCUT2D eigenvalue weighted by Gasteiger charge is 2.36. The fourth-order valence-corrected chi connectivity index (χ4v) is 1.87. The zero-order chi connectivity index (χ0) is 13.7. The zero-order valence-electron chi connectivity index (χ0n) is 10.8. The van der Waals surface area contributed by atoms with E-state index in [9.17, 15) is 9.59 Å². The van der Waals surface area contributed by atoms with E-state index in [-0.39, 0.29) is 18.3 Å². The Morgan fingerprint density at radius 2 is 2.16 bits per heavy atom. The van der Waals surface area contributed by atoms with Crippen LogP contribution in [-0.4, -0.2) is 24.2 Å². The SMILES string of the molecule is CCC(=O)NC1CC(=O)OC1OCc1ccccc1. The Balaban J connectivity index is 1.90. The molecule has 0 radical (unpaired) electrons. The van der Waals surface area contributed by atoms with E-state index in [1.54, 1.807) is 6.92 Å². The molecular formula is C14H17NO4. The number of cyclic esters (lactones) is 1. The van der Waals surface area contributed by atoms with Gasteiger partial charge in [-0.1, -0.05) is 37.3 Å². The zero-order valence-corrected chi connectivity index (χ0v) is 10.8. The van der Waals surface area contributed by atoms with Crippen LogP contribution in [0.15, 0.2) is 30.3 Å². The van der Waals surface area contributed by atoms with E-state index in [0.717, 1.165) is 5.56 Å². The van der Waals surface area contributed by atoms with Crippen LogP contribution in [0, 0.1) is 0 Å². The number of ether oxygens (including phenoxy) is 2. The smallest absolute Gasteiger partial charge is 0.310 e. The molecule has 1 fully saturated rings. The van der Waals surface area contributed by atoms with Gasteiger partial charge >= 0.3 is 5.97 Å². The molecule has 1 aromatic carbocycles. The number of rotatable bonds is 5. The fourth-order valence-electron chi connectivity index (χ4n) is 1.87. The van der Waals surface area contributed by atoms with Crippen molar-refractivity contribution in [1.82, 2.24) is 5.32 Å². The minimum absolute atomic E-state index is 0.114. The quantitative estimate of drug-likeness (QED) is 0.815. The normalized spacial score (nSPS) is 22.1. The molecular weight excluding hydrogens is 246 g/mol. The Bertz CT molecular complexity index is 446. The summed E-state index contributed by atoms with van der Waals surface area (Å²) in [6.07, 6.45) is -0.176. The van der Waals surface area contributed by atoms with Crippen LogP contribution in [0.3, 0.4) is 0 Å². The van der Waals surface area contributed by atoms with Gasteiger partial charge in [-0.25, -0.2) is 0 Å². The molecule has 5 nitrogen and oxygen atoms in total. The van der Waals surface area contributed by atoms with Crippen LogP contribution < -0.4 is 5.32 Å². The van der Waals surface area contributed by atoms with Gasteiger partial charge in [-0.15, -0.1) is 0 Å². The summed E-state index contributed by atoms with van der Waals surface area (Å²) in [5.41, 5.74) is 0.992. The predicted molar refractivity (Wildman–Crippen MR) is 67.9 cm³/mol. The summed E-state index contributed by atoms with van der Waals surface area (Å²) >= 11 is 0. The Labute approximate surface area is 111 Å². The number of hydrogen-bond acceptors (Lipinski definition) is 4. The van der Waals surface area contributed by atoms with Crippen LogP contribution in [0.2, 0.25) is 0 Å². The van der Waals surface area contributed by atoms with Crippen molar-refractivity contribution in [1.29, 1.82) is 0 Å². The van der Waals surface area contributed by atoms with Crippen molar-refractivity contribution in [3.63, 3.8) is 0 Å². The summed E-state index contributed by atoms with van der Waals surface area (Å²) in [4.78, 5) is 22.7. The van der Waals surface area contributed by atoms with Crippen LogP contribution in [0.4, 0.5) is 0 Å². The first-order valence-electron chi connectivity index (χ1n) is 6.33. The van der Waals surface area contributed by atoms with Gasteiger partial charge < -0.3 is 14.8 Å². The molecule has 102 valence electrons. The summed E-state index contributed by atoms with van der Waals surface area (Å²) in [7, 11) is 0. The largest absolute Gasteiger partial charge is 0.433 e. The predicted octanol–water partition coefficient (Wildman–Crippen LogP) is 1.37. The highest BCUT2D eigenvalue weighted by Crippen LogP contribution is 2.18. The number of amides is 1. The lowest BCUT2D eigenvalue weighted by atomic mass is 10.2. The lowest BCUT2D eigenvalue weighted by Gasteiger charge is -2.18. The second kappa shape index (κ2) is 6.33. The van der Waals surface area contributed by atoms with Gasteiger partial charge in [0.25, 0.3) is 0 Å². The van der Waals surface area contributed by atoms with Crippen molar-refractivity contribution < 1.29 is 19.1 Å². The van der Waals surface area contributed by atoms with Gasteiger partial charge in [-0.2, -0.15) is 0 Å². The molecule has 1 heterocycles. The Morgan fingerprint density at radius 1 is 1.42 bits per heavy atom. The van der Waals surface area contributed by atoms with E-state index in [1.165, 1.54) is 0 Å². The molecule has 0 spiro atoms. The molecule has 0 aliphatic carbocycles. The monoisotopic (exact) mass is 263 g/mol. The van der Waals surface area contributed by atoms with Crippen molar-refractivity contribution in [3.05, 3.63) is 35.9 Å². The fraction of sp³-hybridized carbons (Fsp3) is 0.429. The van der Waals surface area contributed by atoms with Crippen molar-refractivity contribution in [2.75, 3.05) is 0 Å². The van der Waals surface area contributed by atoms with E-state index >= 15 is 0 Å². The molecule has 0 bridgehead atoms. The van der Waals surface area contributed by atoms with E-state index in [1.807, 2.05) is 30.3 Å². The number of nitrogens with one attached hydrogen (secondary N) is 1. The molecule has 1 aliphatic heterocycles. The molecule has 1 N–H and O–H groups in total. The van der Waals surface area contributed by atoms with Crippen molar-refractivity contribution in [2.45, 2.75) is 38.7 Å². The van der Waals surface area contributed by atoms with Gasteiger partial charge in [0.05, 0.1) is 13.0 Å². The van der Waals surface area contributed by atoms with Crippen molar-refractivity contribution in [2.24, 2.45) is 0 Å². The van der Waals surface area contributed by atoms with Crippen LogP contribution in [0.1, 0.15) is 25.3 Å². The first-order valence-corrected chi connectivity index (χ1v) is 6.33. The maximum atomic E-state index is 11.4. The molecule has 2 unspecified atom stereocenters. The Hall–Kier alpha value is -1.88. The van der Waals surface area contributed by atoms with E-state index in [0.29, 0.717) is 13.0 Å². The molecule has 2 rings (SSSR count). The van der Waals surface area contributed by atoms with Gasteiger partial charge in [-0.3, -0.25) is 9.59 Å². The third-order valence-corrected chi connectivity index (χ3v) is 2.89. The summed E-state index contributed by atoms with van der Waals surface area (Å²) in [5.74, 6) is -0.462. The summed E-state index contributed by atoms with van der Waals surface area (Å²) < 4.78 is 10.6. The molecule has 1 saturated heterocycles. The van der Waals surface area contributed by atoms with Crippen LogP contribution >= 0.6 is 0 Å². The highest BCUT2D eigenvalue weighted by molar-refractivity contribution is 5.78. The van der Waals surface area contributed by atoms with E-state index < -0.39 is 12.3 Å². The molecule has 19 heavy (non-hydrogen) atoms. The summed E-state index contributed by atoms with van der Waals surface area (Å²) in [6.45, 7) is 2.10. The van der Waals surface area contributed by atoms with Crippen LogP contribution in [-0.2, 0) is 25.7 Å². The number of hydrogen-bond donors (Lipinski definition) is 1. The van der Waals surface area contributed by atoms with Gasteiger partial charge in [0, 0.05) is 6.42 Å². The summed E-state index contributed by atoms with van der Waals surface area (Å²) in [5, 5.41) is 2.74. The number of carbonyl (C=O) groups is 2. The maximum Gasteiger partial charge on any atom is 0.310 e. The third-order valence-electron chi connectivity index (χ3n) is 2.89. The number of benzene rings is 1. The third kappa shape index (κ3) is 3.79. The molecule has 0 saturated carbocycles. The van der Waals surface area contributed by atoms with Crippen LogP contribution in [0.25, 0.3) is 0 Å². The average Bonchev–Trinajstić information content (AvgIpc) is 2.77. The minimum Gasteiger partial charge on any atom is -0.433 e. The topological polar surface area (TPSA) is 64.6 Å². The molecule has 1 aliphatic rings. The Kier molecular flexibility index (Phi) is 4.52. The van der Waals surface area contributed by atoms with Crippen molar-refractivity contribution >= 4 is 11.9 Å². The second-order valence-corrected chi connectivity index (χ2v) is 4.39. The van der Waals surface area contributed by atoms with E-state index in [4.69, 9.17) is 9.47 Å². The highest BCUT2D eigenvalue weighted by atomic mass is 16.7. The van der Waals surface area contributed by atoms with Gasteiger partial charge in [0.15, 0.2) is 0 Å². The van der Waals surface area contributed by atoms with Crippen molar-refractivity contribution in [3.8, 4) is 0 Å². The van der Waals surface area contributed by atoms with Crippen LogP contribution in [0.5, 0.6) is 0 Å².